The van der Waals surface area contributed by atoms with Crippen molar-refractivity contribution in [1.29, 1.82) is 0 Å². The van der Waals surface area contributed by atoms with Crippen molar-refractivity contribution in [3.05, 3.63) is 0 Å². The van der Waals surface area contributed by atoms with Gasteiger partial charge in [-0.25, -0.2) is 0 Å². The number of rotatable bonds is 20. The Morgan fingerprint density at radius 2 is 1.54 bits per heavy atom. The summed E-state index contributed by atoms with van der Waals surface area (Å²) in [6, 6.07) is 2.48. The van der Waals surface area contributed by atoms with Crippen molar-refractivity contribution < 1.29 is 37.8 Å². The SMILES string of the molecule is CCC[Si](C)(OC(C)(C)C)O[Si](C)(CCCOCC(O)N=C(CO)CCO)O[Si](C)(C)CCCO. The lowest BCUT2D eigenvalue weighted by Gasteiger charge is -2.43. The summed E-state index contributed by atoms with van der Waals surface area (Å²) in [6.07, 6.45) is 1.55. The molecular weight excluding hydrogens is 503 g/mol. The Balaban J connectivity index is 5.28. The molecule has 0 aromatic heterocycles. The molecule has 0 radical (unpaired) electrons. The fourth-order valence-corrected chi connectivity index (χ4v) is 19.0. The zero-order valence-corrected chi connectivity index (χ0v) is 26.4. The smallest absolute Gasteiger partial charge is 0.326 e. The van der Waals surface area contributed by atoms with Crippen LogP contribution in [0.4, 0.5) is 0 Å². The molecule has 0 aromatic carbocycles. The van der Waals surface area contributed by atoms with E-state index in [0.717, 1.165) is 31.0 Å². The van der Waals surface area contributed by atoms with Crippen molar-refractivity contribution >= 4 is 31.2 Å². The van der Waals surface area contributed by atoms with Crippen LogP contribution >= 0.6 is 0 Å². The molecule has 0 aromatic rings. The monoisotopic (exact) mass is 555 g/mol. The van der Waals surface area contributed by atoms with Crippen LogP contribution in [-0.4, -0.2) is 96.4 Å². The number of ether oxygens (including phenoxy) is 1. The molecule has 210 valence electrons. The number of aliphatic hydroxyl groups is 4. The largest absolute Gasteiger partial charge is 0.436 e. The van der Waals surface area contributed by atoms with Gasteiger partial charge in [0.25, 0.3) is 0 Å². The molecular formula is C23H53NO8Si3. The van der Waals surface area contributed by atoms with E-state index in [1.54, 1.807) is 0 Å². The Hall–Kier alpha value is 0.000649. The number of nitrogens with zero attached hydrogens (tertiary/aromatic N) is 1. The van der Waals surface area contributed by atoms with E-state index in [-0.39, 0.29) is 38.4 Å². The van der Waals surface area contributed by atoms with Crippen LogP contribution in [0.3, 0.4) is 0 Å². The van der Waals surface area contributed by atoms with Crippen LogP contribution in [0.25, 0.3) is 0 Å². The van der Waals surface area contributed by atoms with Gasteiger partial charge in [-0.2, -0.15) is 0 Å². The lowest BCUT2D eigenvalue weighted by Crippen LogP contribution is -2.57. The second kappa shape index (κ2) is 16.8. The van der Waals surface area contributed by atoms with Crippen molar-refractivity contribution in [2.45, 2.75) is 110 Å². The van der Waals surface area contributed by atoms with Gasteiger partial charge in [-0.1, -0.05) is 13.3 Å². The fourth-order valence-electron chi connectivity index (χ4n) is 4.19. The molecule has 0 rings (SSSR count). The minimum atomic E-state index is -2.64. The second-order valence-electron chi connectivity index (χ2n) is 11.0. The van der Waals surface area contributed by atoms with E-state index >= 15 is 0 Å². The highest BCUT2D eigenvalue weighted by Crippen LogP contribution is 2.32. The number of hydrogen-bond acceptors (Lipinski definition) is 9. The lowest BCUT2D eigenvalue weighted by atomic mass is 10.2. The summed E-state index contributed by atoms with van der Waals surface area (Å²) in [4.78, 5) is 3.98. The first-order chi connectivity index (χ1) is 16.1. The maximum Gasteiger partial charge on any atom is 0.326 e. The van der Waals surface area contributed by atoms with E-state index in [1.807, 2.05) is 0 Å². The van der Waals surface area contributed by atoms with Crippen molar-refractivity contribution in [3.8, 4) is 0 Å². The minimum Gasteiger partial charge on any atom is -0.436 e. The first-order valence-electron chi connectivity index (χ1n) is 12.9. The molecule has 0 heterocycles. The summed E-state index contributed by atoms with van der Waals surface area (Å²) in [5.74, 6) is 0. The molecule has 0 saturated carbocycles. The van der Waals surface area contributed by atoms with Gasteiger partial charge in [-0.15, -0.1) is 0 Å². The van der Waals surface area contributed by atoms with E-state index in [4.69, 9.17) is 22.5 Å². The summed E-state index contributed by atoms with van der Waals surface area (Å²) in [6.45, 7) is 17.1. The fraction of sp³-hybridized carbons (Fsp3) is 0.957. The zero-order valence-electron chi connectivity index (χ0n) is 23.4. The molecule has 12 heteroatoms. The second-order valence-corrected chi connectivity index (χ2v) is 22.4. The Bertz CT molecular complexity index is 606. The van der Waals surface area contributed by atoms with E-state index in [0.29, 0.717) is 18.7 Å². The van der Waals surface area contributed by atoms with Crippen molar-refractivity contribution in [1.82, 2.24) is 0 Å². The normalized spacial score (nSPS) is 17.8. The highest BCUT2D eigenvalue weighted by molar-refractivity contribution is 6.87. The summed E-state index contributed by atoms with van der Waals surface area (Å²) in [7, 11) is -7.20. The quantitative estimate of drug-likeness (QED) is 0.102. The van der Waals surface area contributed by atoms with Gasteiger partial charge in [-0.3, -0.25) is 4.99 Å². The van der Waals surface area contributed by atoms with Crippen LogP contribution in [0.5, 0.6) is 0 Å². The third-order valence-electron chi connectivity index (χ3n) is 5.19. The topological polar surface area (TPSA) is 130 Å². The van der Waals surface area contributed by atoms with E-state index < -0.39 is 31.7 Å². The van der Waals surface area contributed by atoms with Gasteiger partial charge in [0, 0.05) is 32.0 Å². The van der Waals surface area contributed by atoms with Crippen molar-refractivity contribution in [3.63, 3.8) is 0 Å². The standard InChI is InChI=1S/C23H53NO8Si3/c1-9-16-34(7,30-23(2,3)4)32-35(8,31-33(5,6)17-10-13-25)18-11-15-29-20-22(28)24-21(19-27)12-14-26/h22,25-28H,9-20H2,1-8H3. The Morgan fingerprint density at radius 3 is 2.06 bits per heavy atom. The van der Waals surface area contributed by atoms with E-state index in [9.17, 15) is 15.3 Å². The maximum atomic E-state index is 10.0. The zero-order chi connectivity index (χ0) is 27.2. The molecule has 3 atom stereocenters. The molecule has 0 bridgehead atoms. The maximum absolute atomic E-state index is 10.0. The molecule has 4 N–H and O–H groups in total. The molecule has 0 aliphatic rings. The first kappa shape index (κ1) is 35.0. The van der Waals surface area contributed by atoms with Crippen LogP contribution in [0.15, 0.2) is 4.99 Å². The molecule has 9 nitrogen and oxygen atoms in total. The van der Waals surface area contributed by atoms with Gasteiger partial charge < -0.3 is 37.8 Å². The predicted octanol–water partition coefficient (Wildman–Crippen LogP) is 3.52. The average molecular weight is 556 g/mol. The Kier molecular flexibility index (Phi) is 16.8. The van der Waals surface area contributed by atoms with E-state index in [1.165, 1.54) is 0 Å². The number of hydrogen-bond donors (Lipinski definition) is 4. The highest BCUT2D eigenvalue weighted by atomic mass is 28.5. The Morgan fingerprint density at radius 1 is 0.886 bits per heavy atom. The summed E-state index contributed by atoms with van der Waals surface area (Å²) in [5, 5.41) is 37.5. The summed E-state index contributed by atoms with van der Waals surface area (Å²) in [5.41, 5.74) is 0.0397. The van der Waals surface area contributed by atoms with Gasteiger partial charge >= 0.3 is 17.1 Å². The molecule has 0 aliphatic heterocycles. The van der Waals surface area contributed by atoms with Crippen LogP contribution < -0.4 is 0 Å². The summed E-state index contributed by atoms with van der Waals surface area (Å²) < 4.78 is 25.9. The van der Waals surface area contributed by atoms with Gasteiger partial charge in [0.15, 0.2) is 14.5 Å². The van der Waals surface area contributed by atoms with Gasteiger partial charge in [0.2, 0.25) is 0 Å². The highest BCUT2D eigenvalue weighted by Gasteiger charge is 2.46. The van der Waals surface area contributed by atoms with Crippen molar-refractivity contribution in [2.24, 2.45) is 4.99 Å². The number of aliphatic imine (C=N–C) groups is 1. The average Bonchev–Trinajstić information content (AvgIpc) is 2.69. The van der Waals surface area contributed by atoms with Crippen LogP contribution in [0.2, 0.25) is 44.3 Å². The molecule has 0 fully saturated rings. The first-order valence-corrected chi connectivity index (χ1v) is 21.0. The molecule has 0 spiro atoms. The Labute approximate surface area is 216 Å². The van der Waals surface area contributed by atoms with Crippen molar-refractivity contribution in [2.75, 3.05) is 33.0 Å². The van der Waals surface area contributed by atoms with Crippen LogP contribution in [-0.2, 0) is 17.4 Å². The lowest BCUT2D eigenvalue weighted by molar-refractivity contribution is 0.0407. The number of aliphatic hydroxyl groups excluding tert-OH is 4. The van der Waals surface area contributed by atoms with Gasteiger partial charge in [0.1, 0.15) is 0 Å². The molecule has 0 amide bonds. The molecule has 3 unspecified atom stereocenters. The molecule has 0 saturated heterocycles. The third kappa shape index (κ3) is 17.2. The van der Waals surface area contributed by atoms with Crippen LogP contribution in [0.1, 0.15) is 53.4 Å². The molecule has 0 aliphatic carbocycles. The van der Waals surface area contributed by atoms with Crippen LogP contribution in [0, 0.1) is 0 Å². The third-order valence-corrected chi connectivity index (χ3v) is 17.9. The summed E-state index contributed by atoms with van der Waals surface area (Å²) >= 11 is 0. The molecule has 35 heavy (non-hydrogen) atoms. The van der Waals surface area contributed by atoms with Gasteiger partial charge in [-0.05, 0) is 77.9 Å². The van der Waals surface area contributed by atoms with Gasteiger partial charge in [0.05, 0.1) is 18.8 Å². The predicted molar refractivity (Wildman–Crippen MR) is 148 cm³/mol. The van der Waals surface area contributed by atoms with E-state index in [2.05, 4.69) is 58.9 Å². The minimum absolute atomic E-state index is 0.0150.